The Bertz CT molecular complexity index is 3580. The molecule has 0 atom stereocenters. The minimum absolute atomic E-state index is 0. The van der Waals surface area contributed by atoms with Gasteiger partial charge >= 0.3 is 0 Å². The fraction of sp³-hybridized carbons (Fsp3) is 0.0690. The van der Waals surface area contributed by atoms with E-state index >= 15 is 0 Å². The van der Waals surface area contributed by atoms with E-state index in [2.05, 4.69) is 246 Å². The molecule has 0 radical (unpaired) electrons. The van der Waals surface area contributed by atoms with Crippen LogP contribution < -0.4 is 9.47 Å². The maximum absolute atomic E-state index is 4.95. The Morgan fingerprint density at radius 1 is 0.531 bits per heavy atom. The molecular formula is C58H41N5Pt-2. The molecule has 8 aromatic carbocycles. The van der Waals surface area contributed by atoms with Crippen LogP contribution in [0, 0.1) is 18.5 Å². The van der Waals surface area contributed by atoms with E-state index in [0.717, 1.165) is 78.2 Å². The van der Waals surface area contributed by atoms with E-state index < -0.39 is 0 Å². The molecule has 5 nitrogen and oxygen atoms in total. The molecule has 0 saturated carbocycles. The summed E-state index contributed by atoms with van der Waals surface area (Å²) in [6.07, 6.45) is 5.78. The molecule has 6 heteroatoms. The Balaban J connectivity index is 0.00000456. The van der Waals surface area contributed by atoms with Crippen LogP contribution in [0.2, 0.25) is 0 Å². The van der Waals surface area contributed by atoms with Gasteiger partial charge in [-0.3, -0.25) is 4.57 Å². The number of para-hydroxylation sites is 4. The SMILES string of the molecule is CC(C)(C)c1ccnc(-n2c3[c-]c(N(c4[c-]c(-n5[c-][n+]6c7c(cccc75)-c5ccccc5-c5ccccc5-c5ccccc5-6)ccc4)c4ccccc4)ccc3c3ccccc32)c1.[Pt]. The Kier molecular flexibility index (Phi) is 9.56. The number of pyridine rings is 1. The van der Waals surface area contributed by atoms with Crippen molar-refractivity contribution < 1.29 is 25.6 Å². The van der Waals surface area contributed by atoms with Gasteiger partial charge in [-0.1, -0.05) is 159 Å². The summed E-state index contributed by atoms with van der Waals surface area (Å²) >= 11 is 0. The summed E-state index contributed by atoms with van der Waals surface area (Å²) in [7, 11) is 0. The molecular weight excluding hydrogens is 962 g/mol. The summed E-state index contributed by atoms with van der Waals surface area (Å²) in [6.45, 7) is 6.73. The van der Waals surface area contributed by atoms with Gasteiger partial charge in [0.15, 0.2) is 0 Å². The van der Waals surface area contributed by atoms with E-state index in [4.69, 9.17) is 4.98 Å². The van der Waals surface area contributed by atoms with Gasteiger partial charge in [-0.2, -0.15) is 24.3 Å². The minimum atomic E-state index is -0.0333. The fourth-order valence-electron chi connectivity index (χ4n) is 9.48. The predicted octanol–water partition coefficient (Wildman–Crippen LogP) is 13.9. The summed E-state index contributed by atoms with van der Waals surface area (Å²) in [5, 5.41) is 2.28. The maximum atomic E-state index is 4.95. The Labute approximate surface area is 387 Å². The van der Waals surface area contributed by atoms with Gasteiger partial charge < -0.3 is 14.0 Å². The fourth-order valence-corrected chi connectivity index (χ4v) is 9.48. The Morgan fingerprint density at radius 2 is 1.14 bits per heavy atom. The summed E-state index contributed by atoms with van der Waals surface area (Å²) in [6, 6.07) is 74.8. The average Bonchev–Trinajstić information content (AvgIpc) is 3.89. The minimum Gasteiger partial charge on any atom is -0.359 e. The molecule has 0 fully saturated rings. The first-order chi connectivity index (χ1) is 30.9. The number of nitrogens with zero attached hydrogens (tertiary/aromatic N) is 5. The van der Waals surface area contributed by atoms with Gasteiger partial charge in [-0.05, 0) is 91.8 Å². The molecule has 4 heterocycles. The third-order valence-electron chi connectivity index (χ3n) is 12.5. The molecule has 11 aromatic rings. The molecule has 0 bridgehead atoms. The van der Waals surface area contributed by atoms with E-state index in [-0.39, 0.29) is 26.5 Å². The summed E-state index contributed by atoms with van der Waals surface area (Å²) in [4.78, 5) is 7.19. The Morgan fingerprint density at radius 3 is 1.91 bits per heavy atom. The van der Waals surface area contributed by atoms with Gasteiger partial charge in [0.05, 0.1) is 16.7 Å². The smallest absolute Gasteiger partial charge is 0.268 e. The van der Waals surface area contributed by atoms with Crippen molar-refractivity contribution in [3.05, 3.63) is 218 Å². The number of hydrogen-bond acceptors (Lipinski definition) is 2. The largest absolute Gasteiger partial charge is 0.359 e. The maximum Gasteiger partial charge on any atom is 0.268 e. The van der Waals surface area contributed by atoms with Crippen molar-refractivity contribution in [2.45, 2.75) is 26.2 Å². The first kappa shape index (κ1) is 39.5. The van der Waals surface area contributed by atoms with E-state index in [1.807, 2.05) is 6.20 Å². The van der Waals surface area contributed by atoms with Crippen LogP contribution >= 0.6 is 0 Å². The molecule has 0 unspecified atom stereocenters. The van der Waals surface area contributed by atoms with Gasteiger partial charge in [-0.25, -0.2) is 4.98 Å². The zero-order chi connectivity index (χ0) is 42.2. The first-order valence-corrected chi connectivity index (χ1v) is 21.5. The van der Waals surface area contributed by atoms with E-state index in [9.17, 15) is 0 Å². The Hall–Kier alpha value is -7.33. The number of benzene rings is 8. The topological polar surface area (TPSA) is 29.9 Å². The molecule has 0 spiro atoms. The van der Waals surface area contributed by atoms with Crippen molar-refractivity contribution in [3.8, 4) is 50.6 Å². The standard InChI is InChI=1S/C58H41N5.Pt/c1-58(2,3)39-33-34-59-56(35-39)63-53-29-14-12-26-49(53)50-32-31-43(37-55(50)63)62(40-17-5-4-6-18-40)42-20-15-19-41(36-42)60-38-61-52-28-13-11-25-48(52)46-23-9-7-21-44(46)45-22-8-10-24-47(45)51-27-16-30-54(60)57(51)61;/h4-35H,1-3H3;/q-2;. The predicted molar refractivity (Wildman–Crippen MR) is 257 cm³/mol. The van der Waals surface area contributed by atoms with Crippen molar-refractivity contribution in [1.29, 1.82) is 0 Å². The van der Waals surface area contributed by atoms with E-state index in [1.165, 1.54) is 27.8 Å². The second kappa shape index (κ2) is 15.5. The molecule has 310 valence electrons. The van der Waals surface area contributed by atoms with Gasteiger partial charge in [0.2, 0.25) is 0 Å². The molecule has 1 aliphatic heterocycles. The van der Waals surface area contributed by atoms with Crippen molar-refractivity contribution in [3.63, 3.8) is 0 Å². The zero-order valence-corrected chi connectivity index (χ0v) is 37.8. The molecule has 64 heavy (non-hydrogen) atoms. The number of aromatic nitrogens is 4. The van der Waals surface area contributed by atoms with Gasteiger partial charge in [0.25, 0.3) is 6.33 Å². The number of imidazole rings is 1. The monoisotopic (exact) mass is 1000 g/mol. The molecule has 0 aliphatic carbocycles. The number of anilines is 3. The summed E-state index contributed by atoms with van der Waals surface area (Å²) < 4.78 is 6.67. The van der Waals surface area contributed by atoms with Crippen LogP contribution in [-0.4, -0.2) is 14.1 Å². The van der Waals surface area contributed by atoms with Crippen LogP contribution in [-0.2, 0) is 26.5 Å². The molecule has 3 aromatic heterocycles. The van der Waals surface area contributed by atoms with Crippen LogP contribution in [0.15, 0.2) is 194 Å². The third-order valence-corrected chi connectivity index (χ3v) is 12.5. The molecule has 0 amide bonds. The first-order valence-electron chi connectivity index (χ1n) is 21.5. The molecule has 1 aliphatic rings. The van der Waals surface area contributed by atoms with Gasteiger partial charge in [-0.15, -0.1) is 23.6 Å². The molecule has 0 saturated heterocycles. The van der Waals surface area contributed by atoms with Crippen molar-refractivity contribution >= 4 is 49.9 Å². The quantitative estimate of drug-likeness (QED) is 0.127. The normalized spacial score (nSPS) is 11.9. The summed E-state index contributed by atoms with van der Waals surface area (Å²) in [5.74, 6) is 0.872. The zero-order valence-electron chi connectivity index (χ0n) is 35.5. The second-order valence-electron chi connectivity index (χ2n) is 17.3. The number of hydrogen-bond donors (Lipinski definition) is 0. The van der Waals surface area contributed by atoms with Crippen LogP contribution in [0.1, 0.15) is 26.3 Å². The van der Waals surface area contributed by atoms with Crippen LogP contribution in [0.4, 0.5) is 17.1 Å². The summed E-state index contributed by atoms with van der Waals surface area (Å²) in [5.41, 5.74) is 17.1. The number of rotatable bonds is 5. The van der Waals surface area contributed by atoms with Crippen molar-refractivity contribution in [2.24, 2.45) is 0 Å². The van der Waals surface area contributed by atoms with Crippen LogP contribution in [0.5, 0.6) is 0 Å². The molecule has 0 N–H and O–H groups in total. The third kappa shape index (κ3) is 6.33. The van der Waals surface area contributed by atoms with E-state index in [0.29, 0.717) is 0 Å². The average molecular weight is 1000 g/mol. The van der Waals surface area contributed by atoms with Crippen LogP contribution in [0.25, 0.3) is 83.4 Å². The van der Waals surface area contributed by atoms with E-state index in [1.54, 1.807) is 0 Å². The van der Waals surface area contributed by atoms with Gasteiger partial charge in [0.1, 0.15) is 5.82 Å². The van der Waals surface area contributed by atoms with Crippen LogP contribution in [0.3, 0.4) is 0 Å². The van der Waals surface area contributed by atoms with Crippen molar-refractivity contribution in [1.82, 2.24) is 14.1 Å². The number of fused-ring (bicyclic) bond motifs is 10. The molecule has 12 rings (SSSR count). The second-order valence-corrected chi connectivity index (χ2v) is 17.3. The van der Waals surface area contributed by atoms with Crippen molar-refractivity contribution in [2.75, 3.05) is 4.90 Å². The van der Waals surface area contributed by atoms with Gasteiger partial charge in [0, 0.05) is 38.5 Å².